The van der Waals surface area contributed by atoms with Gasteiger partial charge in [-0.25, -0.2) is 0 Å². The maximum Gasteiger partial charge on any atom is 0.0783 e. The summed E-state index contributed by atoms with van der Waals surface area (Å²) in [5.74, 6) is 2.79. The number of azo groups is 1. The third kappa shape index (κ3) is 2.54. The Morgan fingerprint density at radius 1 is 1.18 bits per heavy atom. The lowest BCUT2D eigenvalue weighted by Gasteiger charge is -2.14. The van der Waals surface area contributed by atoms with Crippen LogP contribution in [-0.2, 0) is 0 Å². The van der Waals surface area contributed by atoms with Gasteiger partial charge in [-0.3, -0.25) is 0 Å². The molecular formula is C14H18N2S. The van der Waals surface area contributed by atoms with Crippen LogP contribution in [0.25, 0.3) is 0 Å². The summed E-state index contributed by atoms with van der Waals surface area (Å²) in [6, 6.07) is 11.2. The third-order valence-corrected chi connectivity index (χ3v) is 4.95. The summed E-state index contributed by atoms with van der Waals surface area (Å²) in [4.78, 5) is 1.38. The highest BCUT2D eigenvalue weighted by Crippen LogP contribution is 2.40. The predicted octanol–water partition coefficient (Wildman–Crippen LogP) is 4.03. The van der Waals surface area contributed by atoms with E-state index in [1.54, 1.807) is 0 Å². The molecule has 1 saturated carbocycles. The van der Waals surface area contributed by atoms with Gasteiger partial charge >= 0.3 is 0 Å². The molecule has 0 aromatic heterocycles. The largest absolute Gasteiger partial charge is 0.194 e. The molecule has 3 atom stereocenters. The van der Waals surface area contributed by atoms with Crippen LogP contribution in [0.5, 0.6) is 0 Å². The maximum atomic E-state index is 4.42. The van der Waals surface area contributed by atoms with Gasteiger partial charge in [0, 0.05) is 10.8 Å². The molecule has 0 N–H and O–H groups in total. The summed E-state index contributed by atoms with van der Waals surface area (Å²) in [6.45, 7) is 0.993. The monoisotopic (exact) mass is 246 g/mol. The number of fused-ring (bicyclic) bond motifs is 1. The summed E-state index contributed by atoms with van der Waals surface area (Å²) in [6.07, 6.45) is 4.00. The number of benzene rings is 1. The molecule has 17 heavy (non-hydrogen) atoms. The molecule has 3 heteroatoms. The number of hydrogen-bond acceptors (Lipinski definition) is 3. The minimum Gasteiger partial charge on any atom is -0.194 e. The summed E-state index contributed by atoms with van der Waals surface area (Å²) < 4.78 is 0. The van der Waals surface area contributed by atoms with Crippen LogP contribution in [0.1, 0.15) is 19.3 Å². The van der Waals surface area contributed by atoms with E-state index in [4.69, 9.17) is 0 Å². The van der Waals surface area contributed by atoms with E-state index < -0.39 is 0 Å². The van der Waals surface area contributed by atoms with Crippen LogP contribution in [0.4, 0.5) is 0 Å². The summed E-state index contributed by atoms with van der Waals surface area (Å²) in [5, 5.41) is 8.62. The van der Waals surface area contributed by atoms with E-state index in [1.807, 2.05) is 11.8 Å². The zero-order chi connectivity index (χ0) is 11.5. The molecule has 0 unspecified atom stereocenters. The van der Waals surface area contributed by atoms with Gasteiger partial charge < -0.3 is 0 Å². The van der Waals surface area contributed by atoms with Crippen molar-refractivity contribution >= 4 is 11.8 Å². The fraction of sp³-hybridized carbons (Fsp3) is 0.571. The van der Waals surface area contributed by atoms with Crippen LogP contribution in [0.15, 0.2) is 45.5 Å². The molecule has 0 spiro atoms. The molecule has 1 heterocycles. The van der Waals surface area contributed by atoms with Crippen LogP contribution in [0.2, 0.25) is 0 Å². The molecule has 1 aliphatic heterocycles. The Kier molecular flexibility index (Phi) is 3.46. The van der Waals surface area contributed by atoms with E-state index in [9.17, 15) is 0 Å². The molecule has 0 radical (unpaired) electrons. The van der Waals surface area contributed by atoms with Crippen molar-refractivity contribution < 1.29 is 0 Å². The summed E-state index contributed by atoms with van der Waals surface area (Å²) >= 11 is 1.97. The summed E-state index contributed by atoms with van der Waals surface area (Å²) in [7, 11) is 0. The lowest BCUT2D eigenvalue weighted by Crippen LogP contribution is -2.17. The van der Waals surface area contributed by atoms with Gasteiger partial charge in [0.05, 0.1) is 12.6 Å². The summed E-state index contributed by atoms with van der Waals surface area (Å²) in [5.41, 5.74) is 0. The quantitative estimate of drug-likeness (QED) is 0.736. The first-order chi connectivity index (χ1) is 8.43. The second kappa shape index (κ2) is 5.21. The van der Waals surface area contributed by atoms with Gasteiger partial charge in [0.2, 0.25) is 0 Å². The Morgan fingerprint density at radius 3 is 2.94 bits per heavy atom. The molecule has 3 rings (SSSR count). The predicted molar refractivity (Wildman–Crippen MR) is 71.5 cm³/mol. The van der Waals surface area contributed by atoms with Gasteiger partial charge in [0.1, 0.15) is 0 Å². The van der Waals surface area contributed by atoms with Crippen molar-refractivity contribution in [2.24, 2.45) is 22.1 Å². The number of thioether (sulfide) groups is 1. The van der Waals surface area contributed by atoms with Crippen LogP contribution in [-0.4, -0.2) is 18.3 Å². The van der Waals surface area contributed by atoms with Crippen molar-refractivity contribution in [3.05, 3.63) is 30.3 Å². The van der Waals surface area contributed by atoms with Crippen LogP contribution in [0, 0.1) is 11.8 Å². The smallest absolute Gasteiger partial charge is 0.0783 e. The minimum atomic E-state index is 0.561. The lowest BCUT2D eigenvalue weighted by molar-refractivity contribution is 0.441. The van der Waals surface area contributed by atoms with E-state index in [-0.39, 0.29) is 0 Å². The molecule has 0 amide bonds. The fourth-order valence-electron chi connectivity index (χ4n) is 2.95. The standard InChI is InChI=1S/C14H18N2S/c1-2-4-13(5-3-1)17-9-8-11-6-7-12-10-15-16-14(11)12/h1-5,11-12,14H,6-10H2/t11-,12-,14-/m1/s1. The van der Waals surface area contributed by atoms with E-state index in [1.165, 1.54) is 29.9 Å². The van der Waals surface area contributed by atoms with Gasteiger partial charge in [-0.1, -0.05) is 18.2 Å². The average molecular weight is 246 g/mol. The first-order valence-electron chi connectivity index (χ1n) is 6.48. The Bertz CT molecular complexity index is 390. The number of rotatable bonds is 4. The van der Waals surface area contributed by atoms with Crippen LogP contribution in [0.3, 0.4) is 0 Å². The average Bonchev–Trinajstić information content (AvgIpc) is 2.95. The Balaban J connectivity index is 1.47. The van der Waals surface area contributed by atoms with E-state index in [2.05, 4.69) is 40.6 Å². The van der Waals surface area contributed by atoms with Gasteiger partial charge in [-0.2, -0.15) is 10.2 Å². The molecule has 2 aliphatic rings. The zero-order valence-corrected chi connectivity index (χ0v) is 10.8. The molecule has 2 nitrogen and oxygen atoms in total. The van der Waals surface area contributed by atoms with Gasteiger partial charge in [0.25, 0.3) is 0 Å². The van der Waals surface area contributed by atoms with Gasteiger partial charge in [-0.15, -0.1) is 11.8 Å². The second-order valence-corrected chi connectivity index (χ2v) is 6.15. The minimum absolute atomic E-state index is 0.561. The topological polar surface area (TPSA) is 24.7 Å². The molecule has 1 aliphatic carbocycles. The number of nitrogens with zero attached hydrogens (tertiary/aromatic N) is 2. The van der Waals surface area contributed by atoms with Crippen molar-refractivity contribution in [2.45, 2.75) is 30.2 Å². The van der Waals surface area contributed by atoms with Crippen LogP contribution < -0.4 is 0 Å². The normalized spacial score (nSPS) is 30.7. The molecule has 0 bridgehead atoms. The highest BCUT2D eigenvalue weighted by atomic mass is 32.2. The molecule has 0 saturated heterocycles. The van der Waals surface area contributed by atoms with E-state index in [0.717, 1.165) is 18.4 Å². The molecular weight excluding hydrogens is 228 g/mol. The molecule has 90 valence electrons. The van der Waals surface area contributed by atoms with Crippen LogP contribution >= 0.6 is 11.8 Å². The van der Waals surface area contributed by atoms with Crippen molar-refractivity contribution in [1.82, 2.24) is 0 Å². The highest BCUT2D eigenvalue weighted by Gasteiger charge is 2.38. The van der Waals surface area contributed by atoms with Crippen molar-refractivity contribution in [1.29, 1.82) is 0 Å². The van der Waals surface area contributed by atoms with Crippen molar-refractivity contribution in [2.75, 3.05) is 12.3 Å². The maximum absolute atomic E-state index is 4.42. The Hall–Kier alpha value is -0.830. The fourth-order valence-corrected chi connectivity index (χ4v) is 3.95. The van der Waals surface area contributed by atoms with Crippen molar-refractivity contribution in [3.8, 4) is 0 Å². The van der Waals surface area contributed by atoms with Gasteiger partial charge in [-0.05, 0) is 43.1 Å². The molecule has 1 aromatic rings. The third-order valence-electron chi connectivity index (χ3n) is 3.91. The second-order valence-electron chi connectivity index (χ2n) is 4.98. The first-order valence-corrected chi connectivity index (χ1v) is 7.46. The Morgan fingerprint density at radius 2 is 2.06 bits per heavy atom. The highest BCUT2D eigenvalue weighted by molar-refractivity contribution is 7.99. The van der Waals surface area contributed by atoms with Crippen molar-refractivity contribution in [3.63, 3.8) is 0 Å². The Labute approximate surface area is 107 Å². The van der Waals surface area contributed by atoms with Gasteiger partial charge in [0.15, 0.2) is 0 Å². The SMILES string of the molecule is c1ccc(SCC[C@H]2CC[C@@H]3CN=N[C@H]23)cc1. The zero-order valence-electron chi connectivity index (χ0n) is 9.96. The van der Waals surface area contributed by atoms with E-state index >= 15 is 0 Å². The first kappa shape index (κ1) is 11.3. The molecule has 1 aromatic carbocycles. The molecule has 1 fully saturated rings. The number of hydrogen-bond donors (Lipinski definition) is 0. The lowest BCUT2D eigenvalue weighted by atomic mass is 9.97. The van der Waals surface area contributed by atoms with E-state index in [0.29, 0.717) is 6.04 Å².